The lowest BCUT2D eigenvalue weighted by Crippen LogP contribution is -2.43. The fraction of sp³-hybridized carbons (Fsp3) is 0.350. The van der Waals surface area contributed by atoms with E-state index in [-0.39, 0.29) is 19.2 Å². The highest BCUT2D eigenvalue weighted by Gasteiger charge is 2.35. The first-order valence-electron chi connectivity index (χ1n) is 8.67. The first-order chi connectivity index (χ1) is 12.6. The summed E-state index contributed by atoms with van der Waals surface area (Å²) in [6, 6.07) is 10.7. The summed E-state index contributed by atoms with van der Waals surface area (Å²) < 4.78 is 15.8. The molecule has 2 aromatic rings. The zero-order valence-electron chi connectivity index (χ0n) is 14.6. The average Bonchev–Trinajstić information content (AvgIpc) is 3.14. The topological polar surface area (TPSA) is 77.0 Å². The van der Waals surface area contributed by atoms with Gasteiger partial charge in [-0.2, -0.15) is 0 Å². The second kappa shape index (κ2) is 6.53. The van der Waals surface area contributed by atoms with Gasteiger partial charge in [0.2, 0.25) is 6.79 Å². The third-order valence-corrected chi connectivity index (χ3v) is 5.03. The molecular formula is C20H21NO5. The third kappa shape index (κ3) is 2.97. The summed E-state index contributed by atoms with van der Waals surface area (Å²) in [5.41, 5.74) is 1.32. The van der Waals surface area contributed by atoms with Crippen LogP contribution in [0, 0.1) is 0 Å². The standard InChI is InChI=1S/C20H21NO5/c1-24-15-5-6-16-13(9-15)3-2-8-20(16,23)11-21-19(22)14-4-7-17-18(10-14)26-12-25-17/h4-7,9-10,23H,2-3,8,11-12H2,1H3,(H,21,22). The second-order valence-electron chi connectivity index (χ2n) is 6.66. The van der Waals surface area contributed by atoms with Gasteiger partial charge in [-0.25, -0.2) is 0 Å². The van der Waals surface area contributed by atoms with Crippen LogP contribution in [0.15, 0.2) is 36.4 Å². The number of ether oxygens (including phenoxy) is 3. The molecule has 0 bridgehead atoms. The van der Waals surface area contributed by atoms with Gasteiger partial charge in [0.1, 0.15) is 11.4 Å². The molecule has 0 saturated heterocycles. The lowest BCUT2D eigenvalue weighted by molar-refractivity contribution is 0.0189. The predicted octanol–water partition coefficient (Wildman–Crippen LogP) is 2.38. The number of aliphatic hydroxyl groups is 1. The maximum atomic E-state index is 12.5. The van der Waals surface area contributed by atoms with Gasteiger partial charge in [-0.05, 0) is 60.7 Å². The van der Waals surface area contributed by atoms with E-state index in [9.17, 15) is 9.90 Å². The smallest absolute Gasteiger partial charge is 0.251 e. The number of amides is 1. The van der Waals surface area contributed by atoms with Crippen LogP contribution in [0.2, 0.25) is 0 Å². The molecule has 0 aromatic heterocycles. The van der Waals surface area contributed by atoms with Crippen LogP contribution in [-0.4, -0.2) is 31.5 Å². The van der Waals surface area contributed by atoms with Crippen molar-refractivity contribution in [2.75, 3.05) is 20.4 Å². The number of methoxy groups -OCH3 is 1. The molecule has 1 aliphatic heterocycles. The first kappa shape index (κ1) is 16.7. The van der Waals surface area contributed by atoms with Crippen molar-refractivity contribution in [2.24, 2.45) is 0 Å². The minimum atomic E-state index is -1.08. The Labute approximate surface area is 151 Å². The molecule has 0 fully saturated rings. The van der Waals surface area contributed by atoms with Gasteiger partial charge >= 0.3 is 0 Å². The number of hydrogen-bond acceptors (Lipinski definition) is 5. The Hall–Kier alpha value is -2.73. The van der Waals surface area contributed by atoms with E-state index in [0.717, 1.165) is 29.7 Å². The second-order valence-corrected chi connectivity index (χ2v) is 6.66. The molecule has 1 atom stereocenters. The van der Waals surface area contributed by atoms with E-state index >= 15 is 0 Å². The molecule has 1 unspecified atom stereocenters. The van der Waals surface area contributed by atoms with Gasteiger partial charge in [-0.3, -0.25) is 4.79 Å². The summed E-state index contributed by atoms with van der Waals surface area (Å²) in [5.74, 6) is 1.72. The Morgan fingerprint density at radius 1 is 1.23 bits per heavy atom. The summed E-state index contributed by atoms with van der Waals surface area (Å²) in [5, 5.41) is 14.0. The largest absolute Gasteiger partial charge is 0.497 e. The molecule has 6 nitrogen and oxygen atoms in total. The van der Waals surface area contributed by atoms with E-state index in [2.05, 4.69) is 5.32 Å². The van der Waals surface area contributed by atoms with E-state index in [4.69, 9.17) is 14.2 Å². The average molecular weight is 355 g/mol. The molecule has 1 amide bonds. The highest BCUT2D eigenvalue weighted by Crippen LogP contribution is 2.37. The number of rotatable bonds is 4. The van der Waals surface area contributed by atoms with E-state index in [1.807, 2.05) is 18.2 Å². The molecular weight excluding hydrogens is 334 g/mol. The number of carbonyl (C=O) groups excluding carboxylic acids is 1. The first-order valence-corrected chi connectivity index (χ1v) is 8.67. The summed E-state index contributed by atoms with van der Waals surface area (Å²) in [4.78, 5) is 12.5. The van der Waals surface area contributed by atoms with Crippen LogP contribution in [0.5, 0.6) is 17.2 Å². The van der Waals surface area contributed by atoms with Crippen LogP contribution < -0.4 is 19.5 Å². The Bertz CT molecular complexity index is 850. The number of benzene rings is 2. The SMILES string of the molecule is COc1ccc2c(c1)CCCC2(O)CNC(=O)c1ccc2c(c1)OCO2. The molecule has 2 aliphatic rings. The number of fused-ring (bicyclic) bond motifs is 2. The van der Waals surface area contributed by atoms with Crippen LogP contribution in [0.3, 0.4) is 0 Å². The van der Waals surface area contributed by atoms with Crippen molar-refractivity contribution in [3.63, 3.8) is 0 Å². The molecule has 0 radical (unpaired) electrons. The van der Waals surface area contributed by atoms with E-state index in [1.165, 1.54) is 0 Å². The van der Waals surface area contributed by atoms with E-state index < -0.39 is 5.60 Å². The van der Waals surface area contributed by atoms with Crippen LogP contribution in [0.1, 0.15) is 34.3 Å². The molecule has 1 heterocycles. The van der Waals surface area contributed by atoms with Gasteiger partial charge in [0.05, 0.1) is 13.7 Å². The predicted molar refractivity (Wildman–Crippen MR) is 94.7 cm³/mol. The fourth-order valence-corrected chi connectivity index (χ4v) is 3.61. The third-order valence-electron chi connectivity index (χ3n) is 5.03. The number of nitrogens with one attached hydrogen (secondary N) is 1. The monoisotopic (exact) mass is 355 g/mol. The molecule has 4 rings (SSSR count). The van der Waals surface area contributed by atoms with Crippen molar-refractivity contribution in [2.45, 2.75) is 24.9 Å². The molecule has 136 valence electrons. The zero-order valence-corrected chi connectivity index (χ0v) is 14.6. The Morgan fingerprint density at radius 3 is 2.92 bits per heavy atom. The number of hydrogen-bond donors (Lipinski definition) is 2. The summed E-state index contributed by atoms with van der Waals surface area (Å²) in [6.45, 7) is 0.319. The van der Waals surface area contributed by atoms with Crippen molar-refractivity contribution in [1.82, 2.24) is 5.32 Å². The minimum Gasteiger partial charge on any atom is -0.497 e. The van der Waals surface area contributed by atoms with Crippen molar-refractivity contribution in [3.8, 4) is 17.2 Å². The van der Waals surface area contributed by atoms with E-state index in [1.54, 1.807) is 25.3 Å². The molecule has 0 saturated carbocycles. The minimum absolute atomic E-state index is 0.152. The summed E-state index contributed by atoms with van der Waals surface area (Å²) in [7, 11) is 1.63. The van der Waals surface area contributed by atoms with Crippen LogP contribution in [0.25, 0.3) is 0 Å². The van der Waals surface area contributed by atoms with Crippen LogP contribution in [0.4, 0.5) is 0 Å². The maximum absolute atomic E-state index is 12.5. The molecule has 6 heteroatoms. The number of carbonyl (C=O) groups is 1. The van der Waals surface area contributed by atoms with Gasteiger partial charge in [0.15, 0.2) is 11.5 Å². The molecule has 0 spiro atoms. The molecule has 2 aromatic carbocycles. The Balaban J connectivity index is 1.50. The van der Waals surface area contributed by atoms with Crippen LogP contribution in [-0.2, 0) is 12.0 Å². The lowest BCUT2D eigenvalue weighted by atomic mass is 9.79. The summed E-state index contributed by atoms with van der Waals surface area (Å²) in [6.07, 6.45) is 2.36. The van der Waals surface area contributed by atoms with Gasteiger partial charge in [-0.15, -0.1) is 0 Å². The summed E-state index contributed by atoms with van der Waals surface area (Å²) >= 11 is 0. The highest BCUT2D eigenvalue weighted by molar-refractivity contribution is 5.95. The van der Waals surface area contributed by atoms with Gasteiger partial charge in [0, 0.05) is 5.56 Å². The van der Waals surface area contributed by atoms with Crippen molar-refractivity contribution in [1.29, 1.82) is 0 Å². The molecule has 2 N–H and O–H groups in total. The maximum Gasteiger partial charge on any atom is 0.251 e. The normalized spacial score (nSPS) is 20.4. The fourth-order valence-electron chi connectivity index (χ4n) is 3.61. The van der Waals surface area contributed by atoms with Crippen LogP contribution >= 0.6 is 0 Å². The molecule has 26 heavy (non-hydrogen) atoms. The number of aryl methyl sites for hydroxylation is 1. The Morgan fingerprint density at radius 2 is 2.08 bits per heavy atom. The van der Waals surface area contributed by atoms with Gasteiger partial charge < -0.3 is 24.6 Å². The molecule has 1 aliphatic carbocycles. The van der Waals surface area contributed by atoms with E-state index in [0.29, 0.717) is 23.5 Å². The van der Waals surface area contributed by atoms with Gasteiger partial charge in [0.25, 0.3) is 5.91 Å². The zero-order chi connectivity index (χ0) is 18.1. The highest BCUT2D eigenvalue weighted by atomic mass is 16.7. The quantitative estimate of drug-likeness (QED) is 0.881. The lowest BCUT2D eigenvalue weighted by Gasteiger charge is -2.35. The van der Waals surface area contributed by atoms with Crippen molar-refractivity contribution >= 4 is 5.91 Å². The van der Waals surface area contributed by atoms with Crippen molar-refractivity contribution < 1.29 is 24.1 Å². The Kier molecular flexibility index (Phi) is 4.20. The van der Waals surface area contributed by atoms with Crippen molar-refractivity contribution in [3.05, 3.63) is 53.1 Å². The van der Waals surface area contributed by atoms with Gasteiger partial charge in [-0.1, -0.05) is 6.07 Å².